The van der Waals surface area contributed by atoms with E-state index in [1.807, 2.05) is 30.3 Å². The zero-order chi connectivity index (χ0) is 25.0. The molecule has 5 nitrogen and oxygen atoms in total. The van der Waals surface area contributed by atoms with E-state index in [4.69, 9.17) is 37.4 Å². The third kappa shape index (κ3) is 8.23. The van der Waals surface area contributed by atoms with Crippen LogP contribution in [0.1, 0.15) is 37.3 Å². The molecule has 0 bridgehead atoms. The third-order valence-electron chi connectivity index (χ3n) is 5.19. The summed E-state index contributed by atoms with van der Waals surface area (Å²) in [5.41, 5.74) is 2.19. The highest BCUT2D eigenvalue weighted by molar-refractivity contribution is 6.35. The van der Waals surface area contributed by atoms with Crippen LogP contribution in [0.15, 0.2) is 66.7 Å². The number of amides is 1. The Morgan fingerprint density at radius 1 is 0.943 bits per heavy atom. The molecule has 0 atom stereocenters. The van der Waals surface area contributed by atoms with Crippen LogP contribution in [0.2, 0.25) is 10.0 Å². The summed E-state index contributed by atoms with van der Waals surface area (Å²) < 4.78 is 17.0. The second kappa shape index (κ2) is 13.7. The van der Waals surface area contributed by atoms with Gasteiger partial charge in [-0.25, -0.2) is 0 Å². The Hall–Kier alpha value is -3.15. The molecule has 1 amide bonds. The van der Waals surface area contributed by atoms with E-state index < -0.39 is 0 Å². The Balaban J connectivity index is 1.56. The summed E-state index contributed by atoms with van der Waals surface area (Å²) in [6.45, 7) is 3.06. The molecule has 35 heavy (non-hydrogen) atoms. The van der Waals surface area contributed by atoms with Gasteiger partial charge in [0.05, 0.1) is 13.7 Å². The summed E-state index contributed by atoms with van der Waals surface area (Å²) in [5, 5.41) is 3.92. The maximum absolute atomic E-state index is 12.3. The molecule has 184 valence electrons. The van der Waals surface area contributed by atoms with Crippen LogP contribution in [0.3, 0.4) is 0 Å². The molecule has 0 radical (unpaired) electrons. The number of hydrogen-bond acceptors (Lipinski definition) is 4. The number of anilines is 1. The van der Waals surface area contributed by atoms with Gasteiger partial charge in [-0.3, -0.25) is 4.79 Å². The van der Waals surface area contributed by atoms with Crippen LogP contribution in [0.4, 0.5) is 5.69 Å². The average molecular weight is 514 g/mol. The summed E-state index contributed by atoms with van der Waals surface area (Å²) in [7, 11) is 1.56. The maximum atomic E-state index is 12.3. The van der Waals surface area contributed by atoms with Gasteiger partial charge in [0.2, 0.25) is 5.91 Å². The number of halogens is 2. The van der Waals surface area contributed by atoms with Crippen molar-refractivity contribution < 1.29 is 19.0 Å². The first-order chi connectivity index (χ1) is 17.0. The number of rotatable bonds is 12. The van der Waals surface area contributed by atoms with Gasteiger partial charge in [-0.15, -0.1) is 0 Å². The molecule has 0 saturated carbocycles. The molecular weight excluding hydrogens is 485 g/mol. The highest BCUT2D eigenvalue weighted by Crippen LogP contribution is 2.31. The molecule has 0 aromatic heterocycles. The molecular formula is C28H29Cl2NO4. The zero-order valence-electron chi connectivity index (χ0n) is 19.9. The van der Waals surface area contributed by atoms with Crippen LogP contribution in [0, 0.1) is 0 Å². The molecule has 0 unspecified atom stereocenters. The molecule has 0 fully saturated rings. The van der Waals surface area contributed by atoms with Crippen molar-refractivity contribution in [3.05, 3.63) is 87.9 Å². The minimum absolute atomic E-state index is 0.203. The van der Waals surface area contributed by atoms with E-state index in [-0.39, 0.29) is 12.5 Å². The molecule has 0 aliphatic carbocycles. The largest absolute Gasteiger partial charge is 0.494 e. The van der Waals surface area contributed by atoms with Crippen molar-refractivity contribution in [2.75, 3.05) is 19.0 Å². The van der Waals surface area contributed by atoms with E-state index in [0.29, 0.717) is 39.4 Å². The highest BCUT2D eigenvalue weighted by atomic mass is 35.5. The van der Waals surface area contributed by atoms with E-state index in [9.17, 15) is 4.79 Å². The predicted octanol–water partition coefficient (Wildman–Crippen LogP) is 7.80. The van der Waals surface area contributed by atoms with Gasteiger partial charge < -0.3 is 19.5 Å². The number of methoxy groups -OCH3 is 1. The molecule has 0 heterocycles. The molecule has 3 rings (SSSR count). The van der Waals surface area contributed by atoms with E-state index in [1.165, 1.54) is 6.08 Å². The topological polar surface area (TPSA) is 56.8 Å². The highest BCUT2D eigenvalue weighted by Gasteiger charge is 2.10. The number of unbranched alkanes of at least 4 members (excludes halogenated alkanes) is 2. The lowest BCUT2D eigenvalue weighted by molar-refractivity contribution is -0.111. The fraction of sp³-hybridized carbons (Fsp3) is 0.250. The summed E-state index contributed by atoms with van der Waals surface area (Å²) in [6.07, 6.45) is 6.52. The van der Waals surface area contributed by atoms with Crippen LogP contribution < -0.4 is 19.5 Å². The molecule has 0 saturated heterocycles. The van der Waals surface area contributed by atoms with Crippen molar-refractivity contribution in [1.29, 1.82) is 0 Å². The lowest BCUT2D eigenvalue weighted by Gasteiger charge is -2.13. The Bertz CT molecular complexity index is 1130. The summed E-state index contributed by atoms with van der Waals surface area (Å²) in [5.74, 6) is 1.63. The number of carbonyl (C=O) groups excluding carboxylic acids is 1. The van der Waals surface area contributed by atoms with E-state index in [1.54, 1.807) is 43.5 Å². The Morgan fingerprint density at radius 2 is 1.69 bits per heavy atom. The quantitative estimate of drug-likeness (QED) is 0.198. The Labute approximate surface area is 216 Å². The van der Waals surface area contributed by atoms with Crippen molar-refractivity contribution in [3.8, 4) is 17.2 Å². The van der Waals surface area contributed by atoms with Crippen LogP contribution >= 0.6 is 23.2 Å². The smallest absolute Gasteiger partial charge is 0.248 e. The zero-order valence-corrected chi connectivity index (χ0v) is 21.4. The lowest BCUT2D eigenvalue weighted by Crippen LogP contribution is -2.07. The summed E-state index contributed by atoms with van der Waals surface area (Å²) in [6, 6.07) is 18.1. The molecule has 3 aromatic rings. The number of benzene rings is 3. The van der Waals surface area contributed by atoms with Crippen LogP contribution in [0.25, 0.3) is 6.08 Å². The van der Waals surface area contributed by atoms with Crippen LogP contribution in [-0.4, -0.2) is 19.6 Å². The summed E-state index contributed by atoms with van der Waals surface area (Å²) >= 11 is 12.4. The first-order valence-corrected chi connectivity index (χ1v) is 12.2. The van der Waals surface area contributed by atoms with Gasteiger partial charge in [0.15, 0.2) is 11.5 Å². The molecule has 1 N–H and O–H groups in total. The van der Waals surface area contributed by atoms with Crippen molar-refractivity contribution in [2.45, 2.75) is 32.8 Å². The number of hydrogen-bond donors (Lipinski definition) is 1. The first-order valence-electron chi connectivity index (χ1n) is 11.5. The maximum Gasteiger partial charge on any atom is 0.248 e. The van der Waals surface area contributed by atoms with Gasteiger partial charge in [-0.05, 0) is 66.6 Å². The minimum Gasteiger partial charge on any atom is -0.494 e. The second-order valence-electron chi connectivity index (χ2n) is 7.80. The normalized spacial score (nSPS) is 10.9. The lowest BCUT2D eigenvalue weighted by atomic mass is 10.2. The van der Waals surface area contributed by atoms with Crippen LogP contribution in [-0.2, 0) is 11.4 Å². The fourth-order valence-electron chi connectivity index (χ4n) is 3.26. The van der Waals surface area contributed by atoms with Crippen molar-refractivity contribution in [3.63, 3.8) is 0 Å². The predicted molar refractivity (Wildman–Crippen MR) is 143 cm³/mol. The van der Waals surface area contributed by atoms with Gasteiger partial charge in [0, 0.05) is 27.4 Å². The fourth-order valence-corrected chi connectivity index (χ4v) is 3.77. The van der Waals surface area contributed by atoms with E-state index >= 15 is 0 Å². The number of carbonyl (C=O) groups is 1. The molecule has 7 heteroatoms. The van der Waals surface area contributed by atoms with Gasteiger partial charge >= 0.3 is 0 Å². The SMILES string of the molecule is CCCCCOc1ccc(NC(=O)/C=C/c2ccc(OCc3c(Cl)cccc3Cl)c(OC)c2)cc1. The van der Waals surface area contributed by atoms with Gasteiger partial charge in [0.25, 0.3) is 0 Å². The molecule has 0 aliphatic heterocycles. The standard InChI is InChI=1S/C28H29Cl2NO4/c1-3-4-5-17-34-22-13-11-21(12-14-22)31-28(32)16-10-20-9-15-26(27(18-20)33-2)35-19-23-24(29)7-6-8-25(23)30/h6-16,18H,3-5,17,19H2,1-2H3,(H,31,32)/b16-10+. The number of nitrogens with one attached hydrogen (secondary N) is 1. The molecule has 0 spiro atoms. The first kappa shape index (κ1) is 26.5. The van der Waals surface area contributed by atoms with Crippen molar-refractivity contribution >= 4 is 40.9 Å². The van der Waals surface area contributed by atoms with Gasteiger partial charge in [0.1, 0.15) is 12.4 Å². The Morgan fingerprint density at radius 3 is 2.37 bits per heavy atom. The number of ether oxygens (including phenoxy) is 3. The molecule has 3 aromatic carbocycles. The monoisotopic (exact) mass is 513 g/mol. The van der Waals surface area contributed by atoms with Crippen LogP contribution in [0.5, 0.6) is 17.2 Å². The van der Waals surface area contributed by atoms with E-state index in [0.717, 1.165) is 30.6 Å². The van der Waals surface area contributed by atoms with Gasteiger partial charge in [-0.2, -0.15) is 0 Å². The second-order valence-corrected chi connectivity index (χ2v) is 8.62. The van der Waals surface area contributed by atoms with Crippen molar-refractivity contribution in [1.82, 2.24) is 0 Å². The average Bonchev–Trinajstić information content (AvgIpc) is 2.86. The van der Waals surface area contributed by atoms with Crippen molar-refractivity contribution in [2.24, 2.45) is 0 Å². The minimum atomic E-state index is -0.241. The molecule has 0 aliphatic rings. The third-order valence-corrected chi connectivity index (χ3v) is 5.90. The van der Waals surface area contributed by atoms with E-state index in [2.05, 4.69) is 12.2 Å². The Kier molecular flexibility index (Phi) is 10.3. The summed E-state index contributed by atoms with van der Waals surface area (Å²) in [4.78, 5) is 12.3. The van der Waals surface area contributed by atoms with Gasteiger partial charge in [-0.1, -0.05) is 55.1 Å².